The number of fused-ring (bicyclic) bond motifs is 3. The molecule has 0 unspecified atom stereocenters. The number of hydrogen-bond acceptors (Lipinski definition) is 2. The maximum absolute atomic E-state index is 5.50. The molecule has 340 valence electrons. The number of hydrogen-bond donors (Lipinski definition) is 0. The fourth-order valence-corrected chi connectivity index (χ4v) is 7.89. The maximum Gasteiger partial charge on any atom is 0.119 e. The minimum Gasteiger partial charge on any atom is -0.497 e. The second-order valence-electron chi connectivity index (χ2n) is 18.4. The molecule has 66 heavy (non-hydrogen) atoms. The van der Waals surface area contributed by atoms with Gasteiger partial charge in [0.2, 0.25) is 0 Å². The molecule has 0 aliphatic heterocycles. The molecule has 0 aromatic heterocycles. The zero-order valence-electron chi connectivity index (χ0n) is 41.5. The van der Waals surface area contributed by atoms with Gasteiger partial charge in [-0.1, -0.05) is 243 Å². The SMILES string of the molecule is CCCCOc1ccc(C)cc1.COc1ccc(C)cc1.Cc1ccc(C(C)(C)C)cc1.Cc1ccc(C)cc1.Cc1ccc2c(c1)C(c1ccccc1)(c1ccccc1)c1ccccc1-2. The molecule has 0 bridgehead atoms. The third-order valence-electron chi connectivity index (χ3n) is 11.8. The molecular weight excluding hydrogens is 801 g/mol. The summed E-state index contributed by atoms with van der Waals surface area (Å²) in [4.78, 5) is 0. The molecule has 0 N–H and O–H groups in total. The number of rotatable bonds is 7. The Morgan fingerprint density at radius 1 is 0.409 bits per heavy atom. The molecular formula is C64H72O2. The van der Waals surface area contributed by atoms with E-state index in [2.05, 4.69) is 233 Å². The highest BCUT2D eigenvalue weighted by atomic mass is 16.5. The highest BCUT2D eigenvalue weighted by Gasteiger charge is 2.45. The van der Waals surface area contributed by atoms with E-state index in [1.807, 2.05) is 36.4 Å². The second kappa shape index (κ2) is 24.6. The number of ether oxygens (including phenoxy) is 2. The number of methoxy groups -OCH3 is 1. The van der Waals surface area contributed by atoms with Crippen molar-refractivity contribution in [2.75, 3.05) is 13.7 Å². The summed E-state index contributed by atoms with van der Waals surface area (Å²) in [5, 5.41) is 0. The summed E-state index contributed by atoms with van der Waals surface area (Å²) in [5.74, 6) is 1.90. The van der Waals surface area contributed by atoms with Crippen LogP contribution >= 0.6 is 0 Å². The zero-order chi connectivity index (χ0) is 47.5. The maximum atomic E-state index is 5.50. The predicted octanol–water partition coefficient (Wildman–Crippen LogP) is 17.1. The minimum absolute atomic E-state index is 0.263. The zero-order valence-corrected chi connectivity index (χ0v) is 41.5. The standard InChI is InChI=1S/C26H20.C11H16O.C11H16.C8H10O.C8H10/c1-19-16-17-23-22-14-8-9-15-24(22)26(25(23)18-19,20-10-4-2-5-11-20)21-12-6-3-7-13-21;1-3-4-9-12-11-7-5-10(2)6-8-11;1-9-5-7-10(8-6-9)11(2,3)4;1-7-3-5-8(9-2)6-4-7;1-7-3-5-8(2)6-4-7/h2-18H,1H3;5-8H,3-4,9H2,1-2H3;5-8H,1-4H3;3-6H,1-2H3;3-6H,1-2H3. The molecule has 2 heteroatoms. The smallest absolute Gasteiger partial charge is 0.119 e. The van der Waals surface area contributed by atoms with Crippen molar-refractivity contribution in [3.8, 4) is 22.6 Å². The molecule has 8 aromatic rings. The lowest BCUT2D eigenvalue weighted by atomic mass is 9.67. The van der Waals surface area contributed by atoms with Crippen LogP contribution in [-0.4, -0.2) is 13.7 Å². The molecule has 8 aromatic carbocycles. The lowest BCUT2D eigenvalue weighted by Crippen LogP contribution is -2.28. The molecule has 0 radical (unpaired) electrons. The Labute approximate surface area is 398 Å². The first-order valence-corrected chi connectivity index (χ1v) is 23.5. The third kappa shape index (κ3) is 13.9. The first-order chi connectivity index (χ1) is 31.8. The van der Waals surface area contributed by atoms with E-state index in [4.69, 9.17) is 9.47 Å². The van der Waals surface area contributed by atoms with Crippen molar-refractivity contribution in [2.45, 2.75) is 92.9 Å². The van der Waals surface area contributed by atoms with Crippen LogP contribution in [-0.2, 0) is 10.8 Å². The van der Waals surface area contributed by atoms with Gasteiger partial charge in [0, 0.05) is 0 Å². The molecule has 9 rings (SSSR count). The van der Waals surface area contributed by atoms with E-state index in [0.29, 0.717) is 0 Å². The van der Waals surface area contributed by atoms with Crippen molar-refractivity contribution in [3.63, 3.8) is 0 Å². The van der Waals surface area contributed by atoms with Gasteiger partial charge in [0.25, 0.3) is 0 Å². The van der Waals surface area contributed by atoms with Crippen molar-refractivity contribution >= 4 is 0 Å². The van der Waals surface area contributed by atoms with E-state index < -0.39 is 0 Å². The predicted molar refractivity (Wildman–Crippen MR) is 284 cm³/mol. The van der Waals surface area contributed by atoms with E-state index in [0.717, 1.165) is 24.5 Å². The monoisotopic (exact) mass is 873 g/mol. The Hall–Kier alpha value is -6.64. The van der Waals surface area contributed by atoms with Crippen LogP contribution in [0.3, 0.4) is 0 Å². The Balaban J connectivity index is 0.000000171. The summed E-state index contributed by atoms with van der Waals surface area (Å²) >= 11 is 0. The second-order valence-corrected chi connectivity index (χ2v) is 18.4. The van der Waals surface area contributed by atoms with E-state index in [-0.39, 0.29) is 10.8 Å². The normalized spacial score (nSPS) is 11.6. The Kier molecular flexibility index (Phi) is 18.8. The third-order valence-corrected chi connectivity index (χ3v) is 11.8. The fourth-order valence-electron chi connectivity index (χ4n) is 7.89. The highest BCUT2D eigenvalue weighted by Crippen LogP contribution is 2.56. The lowest BCUT2D eigenvalue weighted by Gasteiger charge is -2.34. The van der Waals surface area contributed by atoms with Gasteiger partial charge in [-0.15, -0.1) is 0 Å². The van der Waals surface area contributed by atoms with Crippen LogP contribution in [0.2, 0.25) is 0 Å². The summed E-state index contributed by atoms with van der Waals surface area (Å²) in [6, 6.07) is 71.0. The van der Waals surface area contributed by atoms with E-state index in [9.17, 15) is 0 Å². The average molecular weight is 873 g/mol. The van der Waals surface area contributed by atoms with Crippen LogP contribution in [0, 0.1) is 41.5 Å². The fraction of sp³-hybridized carbons (Fsp3) is 0.250. The van der Waals surface area contributed by atoms with Crippen LogP contribution in [0.5, 0.6) is 11.5 Å². The molecule has 2 nitrogen and oxygen atoms in total. The molecule has 1 aliphatic rings. The van der Waals surface area contributed by atoms with Gasteiger partial charge in [0.15, 0.2) is 0 Å². The van der Waals surface area contributed by atoms with Gasteiger partial charge >= 0.3 is 0 Å². The molecule has 0 saturated heterocycles. The van der Waals surface area contributed by atoms with Crippen LogP contribution in [0.4, 0.5) is 0 Å². The number of aryl methyl sites for hydroxylation is 6. The summed E-state index contributed by atoms with van der Waals surface area (Å²) in [6.07, 6.45) is 2.32. The van der Waals surface area contributed by atoms with Crippen molar-refractivity contribution < 1.29 is 9.47 Å². The molecule has 0 fully saturated rings. The van der Waals surface area contributed by atoms with Crippen molar-refractivity contribution in [3.05, 3.63) is 261 Å². The first-order valence-electron chi connectivity index (χ1n) is 23.5. The van der Waals surface area contributed by atoms with E-state index in [1.165, 1.54) is 78.7 Å². The van der Waals surface area contributed by atoms with Gasteiger partial charge in [0.05, 0.1) is 19.1 Å². The number of unbranched alkanes of at least 4 members (excludes halogenated alkanes) is 1. The van der Waals surface area contributed by atoms with Crippen LogP contribution in [0.15, 0.2) is 200 Å². The Bertz CT molecular complexity index is 2560. The van der Waals surface area contributed by atoms with Gasteiger partial charge in [-0.25, -0.2) is 0 Å². The molecule has 0 spiro atoms. The van der Waals surface area contributed by atoms with Crippen LogP contribution in [0.1, 0.15) is 102 Å². The lowest BCUT2D eigenvalue weighted by molar-refractivity contribution is 0.309. The molecule has 0 atom stereocenters. The van der Waals surface area contributed by atoms with Gasteiger partial charge in [-0.2, -0.15) is 0 Å². The summed E-state index contributed by atoms with van der Waals surface area (Å²) < 4.78 is 10.5. The molecule has 1 aliphatic carbocycles. The van der Waals surface area contributed by atoms with E-state index >= 15 is 0 Å². The van der Waals surface area contributed by atoms with Crippen molar-refractivity contribution in [1.29, 1.82) is 0 Å². The molecule has 0 amide bonds. The molecule has 0 heterocycles. The largest absolute Gasteiger partial charge is 0.497 e. The topological polar surface area (TPSA) is 18.5 Å². The first kappa shape index (κ1) is 50.4. The Morgan fingerprint density at radius 3 is 1.26 bits per heavy atom. The van der Waals surface area contributed by atoms with E-state index in [1.54, 1.807) is 7.11 Å². The average Bonchev–Trinajstić information content (AvgIpc) is 3.62. The molecule has 0 saturated carbocycles. The van der Waals surface area contributed by atoms with Gasteiger partial charge < -0.3 is 9.47 Å². The van der Waals surface area contributed by atoms with Gasteiger partial charge in [-0.05, 0) is 117 Å². The van der Waals surface area contributed by atoms with Gasteiger partial charge in [0.1, 0.15) is 11.5 Å². The van der Waals surface area contributed by atoms with Crippen molar-refractivity contribution in [1.82, 2.24) is 0 Å². The Morgan fingerprint density at radius 2 is 0.803 bits per heavy atom. The van der Waals surface area contributed by atoms with Crippen LogP contribution in [0.25, 0.3) is 11.1 Å². The summed E-state index contributed by atoms with van der Waals surface area (Å²) in [7, 11) is 1.67. The highest BCUT2D eigenvalue weighted by molar-refractivity contribution is 5.86. The van der Waals surface area contributed by atoms with Gasteiger partial charge in [-0.3, -0.25) is 0 Å². The number of benzene rings is 8. The quantitative estimate of drug-likeness (QED) is 0.149. The van der Waals surface area contributed by atoms with Crippen molar-refractivity contribution in [2.24, 2.45) is 0 Å². The summed E-state index contributed by atoms with van der Waals surface area (Å²) in [5.41, 5.74) is 17.3. The summed E-state index contributed by atoms with van der Waals surface area (Å²) in [6.45, 7) is 22.3. The van der Waals surface area contributed by atoms with Crippen LogP contribution < -0.4 is 9.47 Å². The minimum atomic E-state index is -0.263.